The van der Waals surface area contributed by atoms with Gasteiger partial charge in [-0.15, -0.1) is 0 Å². The molecule has 0 spiro atoms. The van der Waals surface area contributed by atoms with Gasteiger partial charge in [-0.05, 0) is 24.8 Å². The van der Waals surface area contributed by atoms with Crippen LogP contribution in [0.15, 0.2) is 29.3 Å². The maximum absolute atomic E-state index is 12.6. The van der Waals surface area contributed by atoms with E-state index in [1.165, 1.54) is 11.8 Å². The molecule has 3 amide bonds. The van der Waals surface area contributed by atoms with E-state index in [0.717, 1.165) is 5.56 Å². The summed E-state index contributed by atoms with van der Waals surface area (Å²) >= 11 is 0. The SMILES string of the molecule is CC(C)C(O)C(=O)N[C@@H](C)C(=O)N=C1C(=O)N(C)CCc2ccccc21. The van der Waals surface area contributed by atoms with Gasteiger partial charge in [-0.2, -0.15) is 0 Å². The lowest BCUT2D eigenvalue weighted by Gasteiger charge is -2.18. The molecule has 0 saturated heterocycles. The number of likely N-dealkylation sites (N-methyl/N-ethyl adjacent to an activating group) is 1. The summed E-state index contributed by atoms with van der Waals surface area (Å²) in [6.07, 6.45) is -0.525. The van der Waals surface area contributed by atoms with Gasteiger partial charge in [0.05, 0.1) is 0 Å². The molecule has 0 radical (unpaired) electrons. The Labute approximate surface area is 153 Å². The van der Waals surface area contributed by atoms with Crippen molar-refractivity contribution in [2.45, 2.75) is 39.3 Å². The average molecular weight is 359 g/mol. The van der Waals surface area contributed by atoms with Crippen molar-refractivity contribution in [2.75, 3.05) is 13.6 Å². The number of nitrogens with zero attached hydrogens (tertiary/aromatic N) is 2. The third-order valence-electron chi connectivity index (χ3n) is 4.39. The first-order chi connectivity index (χ1) is 12.2. The van der Waals surface area contributed by atoms with E-state index in [9.17, 15) is 19.5 Å². The summed E-state index contributed by atoms with van der Waals surface area (Å²) in [5.74, 6) is -1.87. The largest absolute Gasteiger partial charge is 0.383 e. The fourth-order valence-corrected chi connectivity index (χ4v) is 2.63. The van der Waals surface area contributed by atoms with Gasteiger partial charge >= 0.3 is 0 Å². The average Bonchev–Trinajstić information content (AvgIpc) is 2.73. The van der Waals surface area contributed by atoms with Gasteiger partial charge in [0, 0.05) is 19.2 Å². The van der Waals surface area contributed by atoms with Crippen molar-refractivity contribution in [2.24, 2.45) is 10.9 Å². The number of hydrogen-bond acceptors (Lipinski definition) is 4. The summed E-state index contributed by atoms with van der Waals surface area (Å²) in [5.41, 5.74) is 1.66. The van der Waals surface area contributed by atoms with Crippen molar-refractivity contribution in [3.8, 4) is 0 Å². The third-order valence-corrected chi connectivity index (χ3v) is 4.39. The summed E-state index contributed by atoms with van der Waals surface area (Å²) in [5, 5.41) is 12.2. The number of nitrogens with one attached hydrogen (secondary N) is 1. The van der Waals surface area contributed by atoms with Gasteiger partial charge in [0.25, 0.3) is 11.8 Å². The van der Waals surface area contributed by atoms with Crippen LogP contribution in [0.4, 0.5) is 0 Å². The Hall–Kier alpha value is -2.54. The molecule has 140 valence electrons. The Balaban J connectivity index is 2.27. The van der Waals surface area contributed by atoms with Crippen molar-refractivity contribution in [1.29, 1.82) is 0 Å². The summed E-state index contributed by atoms with van der Waals surface area (Å²) in [7, 11) is 1.67. The number of hydrogen-bond donors (Lipinski definition) is 2. The predicted molar refractivity (Wildman–Crippen MR) is 97.8 cm³/mol. The monoisotopic (exact) mass is 359 g/mol. The fraction of sp³-hybridized carbons (Fsp3) is 0.474. The third kappa shape index (κ3) is 4.35. The van der Waals surface area contributed by atoms with Gasteiger partial charge in [-0.25, -0.2) is 4.99 Å². The fourth-order valence-electron chi connectivity index (χ4n) is 2.63. The van der Waals surface area contributed by atoms with Crippen molar-refractivity contribution in [3.63, 3.8) is 0 Å². The van der Waals surface area contributed by atoms with E-state index in [1.807, 2.05) is 12.1 Å². The van der Waals surface area contributed by atoms with E-state index >= 15 is 0 Å². The van der Waals surface area contributed by atoms with Crippen LogP contribution in [0.5, 0.6) is 0 Å². The molecule has 1 unspecified atom stereocenters. The maximum Gasteiger partial charge on any atom is 0.272 e. The van der Waals surface area contributed by atoms with Crippen LogP contribution < -0.4 is 5.32 Å². The Bertz CT molecular complexity index is 742. The number of carbonyl (C=O) groups is 3. The van der Waals surface area contributed by atoms with Gasteiger partial charge in [0.1, 0.15) is 17.9 Å². The first kappa shape index (κ1) is 19.8. The molecule has 1 aromatic rings. The predicted octanol–water partition coefficient (Wildman–Crippen LogP) is 0.538. The molecule has 26 heavy (non-hydrogen) atoms. The molecular formula is C19H25N3O4. The second-order valence-electron chi connectivity index (χ2n) is 6.85. The lowest BCUT2D eigenvalue weighted by Crippen LogP contribution is -2.45. The standard InChI is InChI=1S/C19H25N3O4/c1-11(2)16(23)18(25)20-12(3)17(24)21-15-14-8-6-5-7-13(14)9-10-22(4)19(15)26/h5-8,11-12,16,23H,9-10H2,1-4H3,(H,20,25)/t12-,16?/m0/s1. The van der Waals surface area contributed by atoms with E-state index in [0.29, 0.717) is 18.5 Å². The second-order valence-corrected chi connectivity index (χ2v) is 6.85. The molecule has 1 aromatic carbocycles. The molecule has 1 aliphatic heterocycles. The minimum absolute atomic E-state index is 0.0797. The highest BCUT2D eigenvalue weighted by Crippen LogP contribution is 2.17. The van der Waals surface area contributed by atoms with Crippen LogP contribution >= 0.6 is 0 Å². The van der Waals surface area contributed by atoms with E-state index in [4.69, 9.17) is 0 Å². The van der Waals surface area contributed by atoms with Crippen LogP contribution in [-0.4, -0.2) is 59.2 Å². The van der Waals surface area contributed by atoms with Crippen LogP contribution in [0.3, 0.4) is 0 Å². The number of aliphatic hydroxyl groups is 1. The van der Waals surface area contributed by atoms with Gasteiger partial charge in [0.2, 0.25) is 5.91 Å². The van der Waals surface area contributed by atoms with E-state index in [1.54, 1.807) is 33.0 Å². The molecule has 0 aromatic heterocycles. The summed E-state index contributed by atoms with van der Waals surface area (Å²) < 4.78 is 0. The van der Waals surface area contributed by atoms with Crippen LogP contribution in [-0.2, 0) is 20.8 Å². The summed E-state index contributed by atoms with van der Waals surface area (Å²) in [6.45, 7) is 5.42. The van der Waals surface area contributed by atoms with Crippen molar-refractivity contribution >= 4 is 23.4 Å². The van der Waals surface area contributed by atoms with Gasteiger partial charge in [-0.1, -0.05) is 38.1 Å². The van der Waals surface area contributed by atoms with Crippen molar-refractivity contribution in [1.82, 2.24) is 10.2 Å². The molecule has 0 saturated carbocycles. The lowest BCUT2D eigenvalue weighted by atomic mass is 10.0. The molecule has 2 N–H and O–H groups in total. The minimum atomic E-state index is -1.20. The Morgan fingerprint density at radius 2 is 1.88 bits per heavy atom. The van der Waals surface area contributed by atoms with Gasteiger partial charge in [-0.3, -0.25) is 14.4 Å². The first-order valence-electron chi connectivity index (χ1n) is 8.67. The summed E-state index contributed by atoms with van der Waals surface area (Å²) in [4.78, 5) is 42.5. The smallest absolute Gasteiger partial charge is 0.272 e. The molecule has 0 bridgehead atoms. The second kappa shape index (κ2) is 8.23. The molecule has 1 aliphatic rings. The number of aliphatic hydroxyl groups excluding tert-OH is 1. The Morgan fingerprint density at radius 3 is 2.54 bits per heavy atom. The molecule has 1 heterocycles. The van der Waals surface area contributed by atoms with Crippen molar-refractivity contribution in [3.05, 3.63) is 35.4 Å². The zero-order valence-corrected chi connectivity index (χ0v) is 15.5. The van der Waals surface area contributed by atoms with Crippen LogP contribution in [0, 0.1) is 5.92 Å². The maximum atomic E-state index is 12.6. The number of fused-ring (bicyclic) bond motifs is 1. The molecule has 2 atom stereocenters. The molecule has 0 aliphatic carbocycles. The van der Waals surface area contributed by atoms with Gasteiger partial charge < -0.3 is 15.3 Å². The van der Waals surface area contributed by atoms with E-state index in [2.05, 4.69) is 10.3 Å². The normalized spacial score (nSPS) is 18.3. The minimum Gasteiger partial charge on any atom is -0.383 e. The highest BCUT2D eigenvalue weighted by atomic mass is 16.3. The van der Waals surface area contributed by atoms with Crippen LogP contribution in [0.1, 0.15) is 31.9 Å². The number of carbonyl (C=O) groups excluding carboxylic acids is 3. The number of benzene rings is 1. The number of amides is 3. The molecule has 7 nitrogen and oxygen atoms in total. The quantitative estimate of drug-likeness (QED) is 0.819. The number of rotatable bonds is 4. The van der Waals surface area contributed by atoms with Crippen LogP contribution in [0.25, 0.3) is 0 Å². The van der Waals surface area contributed by atoms with E-state index in [-0.39, 0.29) is 17.5 Å². The zero-order valence-electron chi connectivity index (χ0n) is 15.5. The Kier molecular flexibility index (Phi) is 6.26. The van der Waals surface area contributed by atoms with Gasteiger partial charge in [0.15, 0.2) is 0 Å². The number of aliphatic imine (C=N–C) groups is 1. The Morgan fingerprint density at radius 1 is 1.23 bits per heavy atom. The van der Waals surface area contributed by atoms with Crippen LogP contribution in [0.2, 0.25) is 0 Å². The zero-order chi connectivity index (χ0) is 19.4. The topological polar surface area (TPSA) is 99.1 Å². The molecule has 7 heteroatoms. The molecular weight excluding hydrogens is 334 g/mol. The van der Waals surface area contributed by atoms with Crippen molar-refractivity contribution < 1.29 is 19.5 Å². The molecule has 0 fully saturated rings. The molecule has 2 rings (SSSR count). The highest BCUT2D eigenvalue weighted by molar-refractivity contribution is 6.47. The van der Waals surface area contributed by atoms with E-state index < -0.39 is 24.0 Å². The first-order valence-corrected chi connectivity index (χ1v) is 8.67. The summed E-state index contributed by atoms with van der Waals surface area (Å²) in [6, 6.07) is 6.40. The lowest BCUT2D eigenvalue weighted by molar-refractivity contribution is -0.134. The highest BCUT2D eigenvalue weighted by Gasteiger charge is 2.28.